The van der Waals surface area contributed by atoms with Gasteiger partial charge < -0.3 is 13.9 Å². The molecule has 0 saturated heterocycles. The monoisotopic (exact) mass is 441 g/mol. The third kappa shape index (κ3) is 4.65. The lowest BCUT2D eigenvalue weighted by atomic mass is 10.1. The molecule has 1 aromatic heterocycles. The molecule has 3 aromatic carbocycles. The summed E-state index contributed by atoms with van der Waals surface area (Å²) in [5.41, 5.74) is 5.41. The summed E-state index contributed by atoms with van der Waals surface area (Å²) in [6.45, 7) is 13.4. The molecule has 0 amide bonds. The predicted molar refractivity (Wildman–Crippen MR) is 135 cm³/mol. The highest BCUT2D eigenvalue weighted by molar-refractivity contribution is 5.93. The highest BCUT2D eigenvalue weighted by Gasteiger charge is 2.16. The van der Waals surface area contributed by atoms with E-state index in [4.69, 9.17) is 18.9 Å². The Hall–Kier alpha value is -3.53. The van der Waals surface area contributed by atoms with Crippen molar-refractivity contribution in [3.05, 3.63) is 82.6 Å². The van der Waals surface area contributed by atoms with Gasteiger partial charge in [0.2, 0.25) is 0 Å². The summed E-state index contributed by atoms with van der Waals surface area (Å²) in [4.78, 5) is 5.12. The fourth-order valence-corrected chi connectivity index (χ4v) is 4.26. The van der Waals surface area contributed by atoms with E-state index in [1.54, 1.807) is 0 Å². The molecular weight excluding hydrogens is 410 g/mol. The van der Waals surface area contributed by atoms with Gasteiger partial charge in [-0.1, -0.05) is 29.8 Å². The van der Waals surface area contributed by atoms with Crippen molar-refractivity contribution < 1.29 is 13.9 Å². The number of furan rings is 1. The summed E-state index contributed by atoms with van der Waals surface area (Å²) in [6.07, 6.45) is 0. The number of fused-ring (bicyclic) bond motifs is 1. The molecule has 0 N–H and O–H groups in total. The van der Waals surface area contributed by atoms with Gasteiger partial charge in [0.1, 0.15) is 23.0 Å². The van der Waals surface area contributed by atoms with E-state index < -0.39 is 0 Å². The first-order valence-corrected chi connectivity index (χ1v) is 11.5. The van der Waals surface area contributed by atoms with E-state index in [1.807, 2.05) is 39.8 Å². The highest BCUT2D eigenvalue weighted by atomic mass is 16.5. The van der Waals surface area contributed by atoms with E-state index in [0.29, 0.717) is 13.2 Å². The van der Waals surface area contributed by atoms with Gasteiger partial charge in [-0.25, -0.2) is 4.99 Å². The second kappa shape index (κ2) is 9.53. The van der Waals surface area contributed by atoms with Gasteiger partial charge in [-0.3, -0.25) is 0 Å². The Kier molecular flexibility index (Phi) is 6.55. The number of rotatable bonds is 6. The number of nitrogens with zero attached hydrogens (tertiary/aromatic N) is 1. The van der Waals surface area contributed by atoms with Gasteiger partial charge >= 0.3 is 0 Å². The fraction of sp³-hybridized carbons (Fsp3) is 0.276. The molecule has 33 heavy (non-hydrogen) atoms. The van der Waals surface area contributed by atoms with Crippen LogP contribution in [-0.2, 0) is 0 Å². The van der Waals surface area contributed by atoms with E-state index in [2.05, 4.69) is 56.3 Å². The van der Waals surface area contributed by atoms with Gasteiger partial charge in [-0.05, 0) is 88.6 Å². The quantitative estimate of drug-likeness (QED) is 0.314. The molecule has 1 heterocycles. The molecule has 4 rings (SSSR count). The number of ether oxygens (including phenoxy) is 2. The van der Waals surface area contributed by atoms with Crippen LogP contribution in [0.5, 0.6) is 11.5 Å². The molecule has 170 valence electrons. The third-order valence-corrected chi connectivity index (χ3v) is 5.73. The molecule has 0 unspecified atom stereocenters. The van der Waals surface area contributed by atoms with Crippen molar-refractivity contribution in [3.8, 4) is 22.6 Å². The zero-order chi connectivity index (χ0) is 23.5. The van der Waals surface area contributed by atoms with Crippen LogP contribution in [0.1, 0.15) is 36.5 Å². The lowest BCUT2D eigenvalue weighted by Crippen LogP contribution is -2.00. The Labute approximate surface area is 195 Å². The third-order valence-electron chi connectivity index (χ3n) is 5.73. The van der Waals surface area contributed by atoms with Crippen LogP contribution >= 0.6 is 0 Å². The molecule has 0 saturated carbocycles. The molecule has 4 heteroatoms. The minimum Gasteiger partial charge on any atom is -0.494 e. The van der Waals surface area contributed by atoms with Crippen LogP contribution in [0.25, 0.3) is 21.9 Å². The molecular formula is C29H31NO3. The van der Waals surface area contributed by atoms with E-state index in [9.17, 15) is 0 Å². The lowest BCUT2D eigenvalue weighted by molar-refractivity contribution is 0.340. The van der Waals surface area contributed by atoms with Gasteiger partial charge in [0.05, 0.1) is 35.0 Å². The molecule has 0 spiro atoms. The van der Waals surface area contributed by atoms with Crippen molar-refractivity contribution in [1.82, 2.24) is 0 Å². The van der Waals surface area contributed by atoms with Crippen LogP contribution in [0.3, 0.4) is 0 Å². The van der Waals surface area contributed by atoms with E-state index >= 15 is 0 Å². The van der Waals surface area contributed by atoms with Crippen molar-refractivity contribution in [2.45, 2.75) is 41.5 Å². The zero-order valence-corrected chi connectivity index (χ0v) is 20.3. The highest BCUT2D eigenvalue weighted by Crippen LogP contribution is 2.34. The SMILES string of the molecule is CCOc1ccc(-c2cc(OCC)c3c(C)oc(C)c3c(=Nc3ccc(C)cc3C)c2)cc1. The molecule has 0 atom stereocenters. The Morgan fingerprint density at radius 3 is 2.09 bits per heavy atom. The van der Waals surface area contributed by atoms with E-state index in [0.717, 1.165) is 61.5 Å². The normalized spacial score (nSPS) is 11.8. The van der Waals surface area contributed by atoms with Crippen LogP contribution in [0.4, 0.5) is 5.69 Å². The minimum absolute atomic E-state index is 0.565. The Balaban J connectivity index is 2.06. The van der Waals surface area contributed by atoms with Crippen LogP contribution in [0.2, 0.25) is 0 Å². The number of aryl methyl sites for hydroxylation is 4. The maximum atomic E-state index is 6.12. The van der Waals surface area contributed by atoms with Crippen LogP contribution in [0.15, 0.2) is 64.0 Å². The first-order valence-electron chi connectivity index (χ1n) is 11.5. The van der Waals surface area contributed by atoms with Gasteiger partial charge in [0.25, 0.3) is 0 Å². The Morgan fingerprint density at radius 1 is 0.727 bits per heavy atom. The topological polar surface area (TPSA) is 44.0 Å². The van der Waals surface area contributed by atoms with Crippen LogP contribution < -0.4 is 14.8 Å². The Bertz CT molecular complexity index is 1360. The molecule has 0 aliphatic heterocycles. The average molecular weight is 442 g/mol. The van der Waals surface area contributed by atoms with E-state index in [-0.39, 0.29) is 0 Å². The van der Waals surface area contributed by atoms with Crippen LogP contribution in [0, 0.1) is 27.7 Å². The average Bonchev–Trinajstić information content (AvgIpc) is 2.97. The second-order valence-corrected chi connectivity index (χ2v) is 8.25. The summed E-state index contributed by atoms with van der Waals surface area (Å²) in [5, 5.41) is 2.81. The summed E-state index contributed by atoms with van der Waals surface area (Å²) >= 11 is 0. The minimum atomic E-state index is 0.565. The molecule has 0 aliphatic carbocycles. The summed E-state index contributed by atoms with van der Waals surface area (Å²) in [7, 11) is 0. The van der Waals surface area contributed by atoms with Crippen molar-refractivity contribution in [2.24, 2.45) is 4.99 Å². The second-order valence-electron chi connectivity index (χ2n) is 8.25. The summed E-state index contributed by atoms with van der Waals surface area (Å²) in [6, 6.07) is 18.7. The largest absolute Gasteiger partial charge is 0.494 e. The number of hydrogen-bond acceptors (Lipinski definition) is 4. The first-order chi connectivity index (χ1) is 15.9. The number of hydrogen-bond donors (Lipinski definition) is 0. The smallest absolute Gasteiger partial charge is 0.131 e. The van der Waals surface area contributed by atoms with Crippen LogP contribution in [-0.4, -0.2) is 13.2 Å². The van der Waals surface area contributed by atoms with E-state index in [1.165, 1.54) is 5.56 Å². The van der Waals surface area contributed by atoms with Gasteiger partial charge in [0, 0.05) is 0 Å². The van der Waals surface area contributed by atoms with Gasteiger partial charge in [0.15, 0.2) is 0 Å². The van der Waals surface area contributed by atoms with Gasteiger partial charge in [-0.15, -0.1) is 0 Å². The molecule has 0 bridgehead atoms. The van der Waals surface area contributed by atoms with Crippen molar-refractivity contribution >= 4 is 16.5 Å². The summed E-state index contributed by atoms with van der Waals surface area (Å²) < 4.78 is 17.8. The fourth-order valence-electron chi connectivity index (χ4n) is 4.26. The molecule has 0 fully saturated rings. The molecule has 4 aromatic rings. The molecule has 0 radical (unpaired) electrons. The molecule has 0 aliphatic rings. The molecule has 4 nitrogen and oxygen atoms in total. The first kappa shape index (κ1) is 22.7. The summed E-state index contributed by atoms with van der Waals surface area (Å²) in [5.74, 6) is 3.32. The maximum absolute atomic E-state index is 6.12. The van der Waals surface area contributed by atoms with Crippen molar-refractivity contribution in [1.29, 1.82) is 0 Å². The maximum Gasteiger partial charge on any atom is 0.131 e. The van der Waals surface area contributed by atoms with Crippen molar-refractivity contribution in [3.63, 3.8) is 0 Å². The Morgan fingerprint density at radius 2 is 1.42 bits per heavy atom. The van der Waals surface area contributed by atoms with Gasteiger partial charge in [-0.2, -0.15) is 0 Å². The zero-order valence-electron chi connectivity index (χ0n) is 20.3. The lowest BCUT2D eigenvalue weighted by Gasteiger charge is -2.06. The predicted octanol–water partition coefficient (Wildman–Crippen LogP) is 7.36. The standard InChI is InChI=1S/C29H31NO3/c1-7-31-24-12-10-22(11-13-24)23-16-26(30-25-14-9-18(3)15-19(25)4)28-20(5)33-21(6)29(28)27(17-23)32-8-2/h9-17H,7-8H2,1-6H3. The number of benzene rings is 2. The van der Waals surface area contributed by atoms with Crippen molar-refractivity contribution in [2.75, 3.05) is 13.2 Å².